The molecule has 0 bridgehead atoms. The molecule has 1 aromatic carbocycles. The number of hydrogen-bond donors (Lipinski definition) is 2. The zero-order chi connectivity index (χ0) is 15.1. The minimum Gasteiger partial charge on any atom is -0.454 e. The van der Waals surface area contributed by atoms with Crippen molar-refractivity contribution in [2.45, 2.75) is 33.0 Å². The van der Waals surface area contributed by atoms with E-state index in [2.05, 4.69) is 5.32 Å². The highest BCUT2D eigenvalue weighted by molar-refractivity contribution is 5.96. The highest BCUT2D eigenvalue weighted by atomic mass is 16.7. The van der Waals surface area contributed by atoms with Crippen LogP contribution >= 0.6 is 0 Å². The van der Waals surface area contributed by atoms with E-state index < -0.39 is 0 Å². The third-order valence-electron chi connectivity index (χ3n) is 4.35. The monoisotopic (exact) mass is 292 g/mol. The van der Waals surface area contributed by atoms with E-state index in [1.54, 1.807) is 12.1 Å². The topological polar surface area (TPSA) is 82.8 Å². The van der Waals surface area contributed by atoms with Gasteiger partial charge in [-0.25, -0.2) is 0 Å². The van der Waals surface area contributed by atoms with Gasteiger partial charge in [0.15, 0.2) is 11.5 Å². The molecule has 1 aromatic rings. The van der Waals surface area contributed by atoms with Crippen LogP contribution in [0.25, 0.3) is 0 Å². The molecule has 0 spiro atoms. The van der Waals surface area contributed by atoms with Gasteiger partial charge in [-0.05, 0) is 19.8 Å². The second-order valence-electron chi connectivity index (χ2n) is 5.71. The fraction of sp³-hybridized carbons (Fsp3) is 0.533. The van der Waals surface area contributed by atoms with Gasteiger partial charge in [0, 0.05) is 12.1 Å². The summed E-state index contributed by atoms with van der Waals surface area (Å²) >= 11 is 0. The van der Waals surface area contributed by atoms with Crippen molar-refractivity contribution in [2.24, 2.45) is 11.8 Å². The maximum absolute atomic E-state index is 12.5. The molecule has 0 aromatic heterocycles. The lowest BCUT2D eigenvalue weighted by atomic mass is 9.89. The lowest BCUT2D eigenvalue weighted by Crippen LogP contribution is -2.32. The number of nitrogen functional groups attached to an aromatic ring is 1. The number of nitrogens with two attached hydrogens (primary N) is 1. The van der Waals surface area contributed by atoms with Crippen molar-refractivity contribution < 1.29 is 19.0 Å². The zero-order valence-corrected chi connectivity index (χ0v) is 12.4. The van der Waals surface area contributed by atoms with E-state index in [-0.39, 0.29) is 36.7 Å². The number of hydrogen-bond acceptors (Lipinski definition) is 5. The maximum atomic E-state index is 12.5. The molecule has 6 nitrogen and oxygen atoms in total. The summed E-state index contributed by atoms with van der Waals surface area (Å²) in [5, 5.41) is 2.88. The molecule has 2 aliphatic rings. The molecule has 1 amide bonds. The molecule has 3 N–H and O–H groups in total. The number of rotatable bonds is 2. The van der Waals surface area contributed by atoms with E-state index in [0.717, 1.165) is 0 Å². The summed E-state index contributed by atoms with van der Waals surface area (Å²) in [6.07, 6.45) is -0.0323. The third-order valence-corrected chi connectivity index (χ3v) is 4.35. The molecule has 4 atom stereocenters. The highest BCUT2D eigenvalue weighted by Gasteiger charge is 2.41. The van der Waals surface area contributed by atoms with Crippen LogP contribution in [-0.4, -0.2) is 24.9 Å². The van der Waals surface area contributed by atoms with Crippen LogP contribution in [0.4, 0.5) is 11.4 Å². The predicted octanol–water partition coefficient (Wildman–Crippen LogP) is 2.00. The molecule has 1 fully saturated rings. The molecule has 1 saturated heterocycles. The van der Waals surface area contributed by atoms with Crippen LogP contribution in [0.5, 0.6) is 11.5 Å². The quantitative estimate of drug-likeness (QED) is 0.815. The highest BCUT2D eigenvalue weighted by Crippen LogP contribution is 2.39. The van der Waals surface area contributed by atoms with Crippen LogP contribution in [0.15, 0.2) is 12.1 Å². The first-order valence-corrected chi connectivity index (χ1v) is 7.13. The van der Waals surface area contributed by atoms with E-state index in [4.69, 9.17) is 19.9 Å². The Kier molecular flexibility index (Phi) is 3.41. The Morgan fingerprint density at radius 2 is 1.86 bits per heavy atom. The van der Waals surface area contributed by atoms with E-state index in [1.807, 2.05) is 20.8 Å². The Morgan fingerprint density at radius 1 is 1.19 bits per heavy atom. The Morgan fingerprint density at radius 3 is 2.48 bits per heavy atom. The average Bonchev–Trinajstić information content (AvgIpc) is 2.95. The Balaban J connectivity index is 1.79. The van der Waals surface area contributed by atoms with Gasteiger partial charge in [0.2, 0.25) is 12.7 Å². The average molecular weight is 292 g/mol. The van der Waals surface area contributed by atoms with Crippen molar-refractivity contribution in [3.8, 4) is 11.5 Å². The first kappa shape index (κ1) is 14.0. The van der Waals surface area contributed by atoms with Gasteiger partial charge in [0.05, 0.1) is 29.5 Å². The smallest absolute Gasteiger partial charge is 0.231 e. The summed E-state index contributed by atoms with van der Waals surface area (Å²) in [5.74, 6) is 1.09. The van der Waals surface area contributed by atoms with Crippen molar-refractivity contribution in [3.05, 3.63) is 12.1 Å². The fourth-order valence-corrected chi connectivity index (χ4v) is 3.00. The maximum Gasteiger partial charge on any atom is 0.231 e. The van der Waals surface area contributed by atoms with Crippen LogP contribution in [0.3, 0.4) is 0 Å². The second kappa shape index (κ2) is 5.11. The summed E-state index contributed by atoms with van der Waals surface area (Å²) in [4.78, 5) is 12.5. The fourth-order valence-electron chi connectivity index (χ4n) is 3.00. The van der Waals surface area contributed by atoms with Gasteiger partial charge in [-0.2, -0.15) is 0 Å². The summed E-state index contributed by atoms with van der Waals surface area (Å²) in [5.41, 5.74) is 6.96. The van der Waals surface area contributed by atoms with Gasteiger partial charge in [-0.1, -0.05) is 6.92 Å². The van der Waals surface area contributed by atoms with E-state index in [9.17, 15) is 4.79 Å². The van der Waals surface area contributed by atoms with Crippen LogP contribution in [0.2, 0.25) is 0 Å². The van der Waals surface area contributed by atoms with E-state index in [0.29, 0.717) is 22.9 Å². The molecule has 114 valence electrons. The number of carbonyl (C=O) groups is 1. The Bertz CT molecular complexity index is 575. The number of benzene rings is 1. The number of anilines is 2. The van der Waals surface area contributed by atoms with Gasteiger partial charge >= 0.3 is 0 Å². The van der Waals surface area contributed by atoms with Gasteiger partial charge in [-0.15, -0.1) is 0 Å². The number of ether oxygens (including phenoxy) is 3. The number of fused-ring (bicyclic) bond motifs is 1. The molecule has 2 aliphatic heterocycles. The second-order valence-corrected chi connectivity index (χ2v) is 5.71. The van der Waals surface area contributed by atoms with E-state index >= 15 is 0 Å². The lowest BCUT2D eigenvalue weighted by Gasteiger charge is -2.18. The Labute approximate surface area is 123 Å². The lowest BCUT2D eigenvalue weighted by molar-refractivity contribution is -0.121. The SMILES string of the molecule is CC1OC(C)C(C(=O)Nc2cc3c(cc2N)OCO3)C1C. The van der Waals surface area contributed by atoms with E-state index in [1.165, 1.54) is 0 Å². The minimum absolute atomic E-state index is 0.0739. The predicted molar refractivity (Wildman–Crippen MR) is 78.3 cm³/mol. The summed E-state index contributed by atoms with van der Waals surface area (Å²) in [6, 6.07) is 3.36. The van der Waals surface area contributed by atoms with Crippen LogP contribution in [0.1, 0.15) is 20.8 Å². The molecule has 2 heterocycles. The molecule has 4 unspecified atom stereocenters. The van der Waals surface area contributed by atoms with Crippen molar-refractivity contribution >= 4 is 17.3 Å². The molecule has 0 aliphatic carbocycles. The summed E-state index contributed by atoms with van der Waals surface area (Å²) < 4.78 is 16.3. The first-order chi connectivity index (χ1) is 9.97. The Hall–Kier alpha value is -1.95. The van der Waals surface area contributed by atoms with Crippen LogP contribution in [-0.2, 0) is 9.53 Å². The standard InChI is InChI=1S/C15H20N2O4/c1-7-8(2)21-9(3)14(7)15(18)17-11-5-13-12(4-10(11)16)19-6-20-13/h4-5,7-9,14H,6,16H2,1-3H3,(H,17,18). The number of amides is 1. The van der Waals surface area contributed by atoms with Crippen molar-refractivity contribution in [1.82, 2.24) is 0 Å². The first-order valence-electron chi connectivity index (χ1n) is 7.13. The zero-order valence-electron chi connectivity index (χ0n) is 12.4. The molecule has 6 heteroatoms. The summed E-state index contributed by atoms with van der Waals surface area (Å²) in [6.45, 7) is 6.12. The normalized spacial score (nSPS) is 30.4. The van der Waals surface area contributed by atoms with Crippen molar-refractivity contribution in [3.63, 3.8) is 0 Å². The molecular formula is C15H20N2O4. The molecule has 21 heavy (non-hydrogen) atoms. The summed E-state index contributed by atoms with van der Waals surface area (Å²) in [7, 11) is 0. The van der Waals surface area contributed by atoms with Crippen LogP contribution in [0, 0.1) is 11.8 Å². The van der Waals surface area contributed by atoms with Gasteiger partial charge in [-0.3, -0.25) is 4.79 Å². The molecule has 0 saturated carbocycles. The minimum atomic E-state index is -0.190. The molecule has 3 rings (SSSR count). The number of nitrogens with one attached hydrogen (secondary N) is 1. The van der Waals surface area contributed by atoms with Crippen LogP contribution < -0.4 is 20.5 Å². The molecular weight excluding hydrogens is 272 g/mol. The molecule has 0 radical (unpaired) electrons. The number of carbonyl (C=O) groups excluding carboxylic acids is 1. The van der Waals surface area contributed by atoms with Gasteiger partial charge in [0.1, 0.15) is 0 Å². The van der Waals surface area contributed by atoms with Gasteiger partial charge in [0.25, 0.3) is 0 Å². The van der Waals surface area contributed by atoms with Crippen molar-refractivity contribution in [1.29, 1.82) is 0 Å². The van der Waals surface area contributed by atoms with Crippen molar-refractivity contribution in [2.75, 3.05) is 17.8 Å². The largest absolute Gasteiger partial charge is 0.454 e. The van der Waals surface area contributed by atoms with Gasteiger partial charge < -0.3 is 25.3 Å². The third kappa shape index (κ3) is 2.40.